The maximum Gasteiger partial charge on any atom is 0.435 e. The van der Waals surface area contributed by atoms with Gasteiger partial charge in [-0.1, -0.05) is 6.92 Å². The van der Waals surface area contributed by atoms with Crippen LogP contribution in [-0.2, 0) is 30.2 Å². The van der Waals surface area contributed by atoms with E-state index in [0.717, 1.165) is 16.8 Å². The molecule has 1 unspecified atom stereocenters. The highest BCUT2D eigenvalue weighted by Gasteiger charge is 2.39. The van der Waals surface area contributed by atoms with Crippen molar-refractivity contribution in [1.29, 1.82) is 0 Å². The fourth-order valence-corrected chi connectivity index (χ4v) is 5.71. The van der Waals surface area contributed by atoms with Gasteiger partial charge < -0.3 is 11.1 Å². The maximum atomic E-state index is 13.8. The molecule has 2 amide bonds. The summed E-state index contributed by atoms with van der Waals surface area (Å²) in [7, 11) is 0. The van der Waals surface area contributed by atoms with Crippen LogP contribution in [0.2, 0.25) is 0 Å². The van der Waals surface area contributed by atoms with E-state index in [1.807, 2.05) is 0 Å². The van der Waals surface area contributed by atoms with Gasteiger partial charge in [-0.05, 0) is 44.4 Å². The number of nitrogens with two attached hydrogens (primary N) is 1. The zero-order chi connectivity index (χ0) is 30.7. The number of rotatable bonds is 8. The standard InChI is InChI=1S/C26H25F6N7O2S/c1-4-38-10-15(12(3)36-38)14-7-17(25(27,28)29)34-24-19(14)20(21(42-24)22(33)40)35-23(41)11(2)9-39-16(13-5-6-13)8-18(37-39)26(30,31)32/h7-8,10-11,13H,4-6,9H2,1-3H3,(H2,33,40)(H,35,41). The highest BCUT2D eigenvalue weighted by atomic mass is 32.1. The van der Waals surface area contributed by atoms with E-state index in [1.165, 1.54) is 11.6 Å². The molecular weight excluding hydrogens is 588 g/mol. The summed E-state index contributed by atoms with van der Waals surface area (Å²) in [5.74, 6) is -2.74. The van der Waals surface area contributed by atoms with E-state index in [2.05, 4.69) is 20.5 Å². The minimum Gasteiger partial charge on any atom is -0.365 e. The number of aromatic nitrogens is 5. The third kappa shape index (κ3) is 5.58. The van der Waals surface area contributed by atoms with E-state index in [4.69, 9.17) is 5.73 Å². The second kappa shape index (κ2) is 10.4. The van der Waals surface area contributed by atoms with Gasteiger partial charge in [-0.15, -0.1) is 11.3 Å². The van der Waals surface area contributed by atoms with Crippen molar-refractivity contribution in [3.63, 3.8) is 0 Å². The van der Waals surface area contributed by atoms with E-state index in [9.17, 15) is 35.9 Å². The Morgan fingerprint density at radius 3 is 2.31 bits per heavy atom. The van der Waals surface area contributed by atoms with Gasteiger partial charge in [-0.25, -0.2) is 4.98 Å². The van der Waals surface area contributed by atoms with E-state index < -0.39 is 41.5 Å². The second-order valence-corrected chi connectivity index (χ2v) is 11.2. The quantitative estimate of drug-likeness (QED) is 0.237. The van der Waals surface area contributed by atoms with Crippen LogP contribution in [0.15, 0.2) is 18.3 Å². The molecule has 0 aliphatic heterocycles. The molecule has 1 saturated carbocycles. The van der Waals surface area contributed by atoms with Crippen molar-refractivity contribution in [2.75, 3.05) is 5.32 Å². The topological polar surface area (TPSA) is 121 Å². The monoisotopic (exact) mass is 613 g/mol. The Morgan fingerprint density at radius 2 is 1.76 bits per heavy atom. The number of nitrogens with zero attached hydrogens (tertiary/aromatic N) is 5. The van der Waals surface area contributed by atoms with Crippen molar-refractivity contribution >= 4 is 39.1 Å². The maximum absolute atomic E-state index is 13.8. The predicted molar refractivity (Wildman–Crippen MR) is 142 cm³/mol. The Bertz CT molecular complexity index is 1700. The molecular formula is C26H25F6N7O2S. The highest BCUT2D eigenvalue weighted by Crippen LogP contribution is 2.45. The number of pyridine rings is 1. The molecule has 0 radical (unpaired) electrons. The summed E-state index contributed by atoms with van der Waals surface area (Å²) in [5, 5.41) is 10.7. The molecule has 0 spiro atoms. The Kier molecular flexibility index (Phi) is 7.31. The summed E-state index contributed by atoms with van der Waals surface area (Å²) in [6.07, 6.45) is -6.51. The zero-order valence-electron chi connectivity index (χ0n) is 22.5. The van der Waals surface area contributed by atoms with E-state index in [0.29, 0.717) is 47.7 Å². The number of thiophene rings is 1. The summed E-state index contributed by atoms with van der Waals surface area (Å²) in [6, 6.07) is 1.81. The Labute approximate surface area is 238 Å². The predicted octanol–water partition coefficient (Wildman–Crippen LogP) is 5.97. The number of carbonyl (C=O) groups is 2. The van der Waals surface area contributed by atoms with Gasteiger partial charge in [-0.2, -0.15) is 36.5 Å². The minimum absolute atomic E-state index is 0.0362. The average Bonchev–Trinajstić information content (AvgIpc) is 3.36. The first-order chi connectivity index (χ1) is 19.6. The van der Waals surface area contributed by atoms with Gasteiger partial charge in [-0.3, -0.25) is 19.0 Å². The number of amides is 2. The molecule has 4 heterocycles. The van der Waals surface area contributed by atoms with Crippen LogP contribution < -0.4 is 11.1 Å². The molecule has 224 valence electrons. The van der Waals surface area contributed by atoms with Crippen molar-refractivity contribution in [3.05, 3.63) is 46.0 Å². The van der Waals surface area contributed by atoms with Gasteiger partial charge in [0.05, 0.1) is 23.8 Å². The van der Waals surface area contributed by atoms with E-state index in [-0.39, 0.29) is 38.8 Å². The van der Waals surface area contributed by atoms with Crippen molar-refractivity contribution < 1.29 is 35.9 Å². The molecule has 4 aromatic rings. The molecule has 5 rings (SSSR count). The van der Waals surface area contributed by atoms with E-state index in [1.54, 1.807) is 20.0 Å². The van der Waals surface area contributed by atoms with Gasteiger partial charge in [0.2, 0.25) is 5.91 Å². The summed E-state index contributed by atoms with van der Waals surface area (Å²) in [4.78, 5) is 29.1. The second-order valence-electron chi connectivity index (χ2n) is 10.2. The van der Waals surface area contributed by atoms with Crippen LogP contribution >= 0.6 is 11.3 Å². The summed E-state index contributed by atoms with van der Waals surface area (Å²) >= 11 is 0.598. The first kappa shape index (κ1) is 29.5. The normalized spacial score (nSPS) is 14.9. The number of primary amides is 1. The van der Waals surface area contributed by atoms with E-state index >= 15 is 0 Å². The van der Waals surface area contributed by atoms with Crippen LogP contribution in [0.3, 0.4) is 0 Å². The van der Waals surface area contributed by atoms with Crippen LogP contribution in [0.1, 0.15) is 65.1 Å². The van der Waals surface area contributed by atoms with Crippen LogP contribution in [0.5, 0.6) is 0 Å². The molecule has 1 aliphatic carbocycles. The molecule has 0 bridgehead atoms. The molecule has 42 heavy (non-hydrogen) atoms. The molecule has 3 N–H and O–H groups in total. The molecule has 1 aliphatic rings. The van der Waals surface area contributed by atoms with Crippen LogP contribution in [0.4, 0.5) is 32.0 Å². The first-order valence-electron chi connectivity index (χ1n) is 12.9. The minimum atomic E-state index is -4.81. The summed E-state index contributed by atoms with van der Waals surface area (Å²) in [5.41, 5.74) is 4.31. The molecule has 1 atom stereocenters. The fourth-order valence-electron chi connectivity index (χ4n) is 4.71. The Hall–Kier alpha value is -3.95. The number of hydrogen-bond acceptors (Lipinski definition) is 6. The van der Waals surface area contributed by atoms with Gasteiger partial charge in [0.25, 0.3) is 5.91 Å². The van der Waals surface area contributed by atoms with Gasteiger partial charge in [0.1, 0.15) is 15.4 Å². The van der Waals surface area contributed by atoms with Crippen LogP contribution in [0.25, 0.3) is 21.3 Å². The number of hydrogen-bond donors (Lipinski definition) is 2. The number of nitrogens with one attached hydrogen (secondary N) is 1. The molecule has 4 aromatic heterocycles. The van der Waals surface area contributed by atoms with Gasteiger partial charge in [0, 0.05) is 35.3 Å². The SMILES string of the molecule is CCn1cc(-c2cc(C(F)(F)F)nc3sc(C(N)=O)c(NC(=O)C(C)Cn4nc(C(F)(F)F)cc4C4CC4)c23)c(C)n1. The molecule has 0 aromatic carbocycles. The number of fused-ring (bicyclic) bond motifs is 1. The van der Waals surface area contributed by atoms with Gasteiger partial charge in [0.15, 0.2) is 5.69 Å². The fraction of sp³-hybridized carbons (Fsp3) is 0.423. The molecule has 0 saturated heterocycles. The van der Waals surface area contributed by atoms with Crippen LogP contribution in [-0.4, -0.2) is 36.4 Å². The number of carbonyl (C=O) groups excluding carboxylic acids is 2. The Balaban J connectivity index is 1.57. The van der Waals surface area contributed by atoms with Crippen molar-refractivity contribution in [3.8, 4) is 11.1 Å². The third-order valence-corrected chi connectivity index (χ3v) is 8.07. The van der Waals surface area contributed by atoms with Crippen molar-refractivity contribution in [1.82, 2.24) is 24.5 Å². The number of anilines is 1. The lowest BCUT2D eigenvalue weighted by molar-refractivity contribution is -0.142. The summed E-state index contributed by atoms with van der Waals surface area (Å²) < 4.78 is 84.2. The molecule has 9 nitrogen and oxygen atoms in total. The first-order valence-corrected chi connectivity index (χ1v) is 13.7. The summed E-state index contributed by atoms with van der Waals surface area (Å²) in [6.45, 7) is 5.11. The number of aryl methyl sites for hydroxylation is 2. The number of halogens is 6. The zero-order valence-corrected chi connectivity index (χ0v) is 23.3. The molecule has 16 heteroatoms. The smallest absolute Gasteiger partial charge is 0.365 e. The lowest BCUT2D eigenvalue weighted by Crippen LogP contribution is -2.26. The molecule has 1 fully saturated rings. The average molecular weight is 614 g/mol. The highest BCUT2D eigenvalue weighted by molar-refractivity contribution is 7.21. The van der Waals surface area contributed by atoms with Crippen molar-refractivity contribution in [2.24, 2.45) is 11.7 Å². The lowest BCUT2D eigenvalue weighted by Gasteiger charge is -2.16. The van der Waals surface area contributed by atoms with Crippen LogP contribution in [0, 0.1) is 12.8 Å². The third-order valence-electron chi connectivity index (χ3n) is 6.98. The number of alkyl halides is 6. The van der Waals surface area contributed by atoms with Gasteiger partial charge >= 0.3 is 12.4 Å². The van der Waals surface area contributed by atoms with Crippen molar-refractivity contribution in [2.45, 2.75) is 65.0 Å². The Morgan fingerprint density at radius 1 is 1.10 bits per heavy atom. The largest absolute Gasteiger partial charge is 0.435 e. The lowest BCUT2D eigenvalue weighted by atomic mass is 10.0.